The Balaban J connectivity index is 1.67. The summed E-state index contributed by atoms with van der Waals surface area (Å²) < 4.78 is 11.2. The van der Waals surface area contributed by atoms with Gasteiger partial charge in [0.25, 0.3) is 0 Å². The van der Waals surface area contributed by atoms with Gasteiger partial charge in [-0.15, -0.1) is 0 Å². The first-order valence-corrected chi connectivity index (χ1v) is 10.6. The van der Waals surface area contributed by atoms with Gasteiger partial charge < -0.3 is 14.8 Å². The number of carbonyl (C=O) groups excluding carboxylic acids is 3. The van der Waals surface area contributed by atoms with Gasteiger partial charge in [0, 0.05) is 10.0 Å². The zero-order valence-corrected chi connectivity index (χ0v) is 19.5. The van der Waals surface area contributed by atoms with E-state index in [1.54, 1.807) is 66.7 Å². The smallest absolute Gasteiger partial charge is 0.343 e. The number of hydrogen-bond donors (Lipinski definition) is 2. The Morgan fingerprint density at radius 1 is 1.00 bits per heavy atom. The molecule has 2 N–H and O–H groups in total. The third kappa shape index (κ3) is 6.64. The van der Waals surface area contributed by atoms with E-state index >= 15 is 0 Å². The summed E-state index contributed by atoms with van der Waals surface area (Å²) in [7, 11) is 1.53. The summed E-state index contributed by atoms with van der Waals surface area (Å²) in [5, 5.41) is 6.46. The molecular formula is C23H17BrClN3O5. The topological polar surface area (TPSA) is 106 Å². The SMILES string of the molecule is COc1ccc(C(=O)Oc2ccc(Br)cc2/C=N/NC(=O)C(=O)Nc2ccccc2Cl)cc1. The van der Waals surface area contributed by atoms with Crippen molar-refractivity contribution in [2.24, 2.45) is 5.10 Å². The van der Waals surface area contributed by atoms with Crippen LogP contribution in [0, 0.1) is 0 Å². The van der Waals surface area contributed by atoms with Gasteiger partial charge in [0.05, 0.1) is 29.6 Å². The van der Waals surface area contributed by atoms with Crippen molar-refractivity contribution in [3.63, 3.8) is 0 Å². The highest BCUT2D eigenvalue weighted by Gasteiger charge is 2.15. The maximum absolute atomic E-state index is 12.5. The summed E-state index contributed by atoms with van der Waals surface area (Å²) in [6.07, 6.45) is 1.25. The molecule has 0 aliphatic carbocycles. The second-order valence-corrected chi connectivity index (χ2v) is 7.76. The van der Waals surface area contributed by atoms with Crippen LogP contribution in [0.15, 0.2) is 76.3 Å². The van der Waals surface area contributed by atoms with Gasteiger partial charge in [-0.3, -0.25) is 9.59 Å². The second-order valence-electron chi connectivity index (χ2n) is 6.43. The number of benzene rings is 3. The number of amides is 2. The molecule has 10 heteroatoms. The number of hydrazone groups is 1. The number of hydrogen-bond acceptors (Lipinski definition) is 6. The Morgan fingerprint density at radius 2 is 1.73 bits per heavy atom. The molecule has 0 spiro atoms. The van der Waals surface area contributed by atoms with E-state index in [4.69, 9.17) is 21.1 Å². The van der Waals surface area contributed by atoms with Crippen LogP contribution in [-0.4, -0.2) is 31.1 Å². The third-order valence-electron chi connectivity index (χ3n) is 4.20. The molecule has 0 fully saturated rings. The highest BCUT2D eigenvalue weighted by molar-refractivity contribution is 9.10. The van der Waals surface area contributed by atoms with Crippen LogP contribution < -0.4 is 20.2 Å². The zero-order chi connectivity index (χ0) is 23.8. The largest absolute Gasteiger partial charge is 0.497 e. The number of nitrogens with one attached hydrogen (secondary N) is 2. The lowest BCUT2D eigenvalue weighted by atomic mass is 10.2. The van der Waals surface area contributed by atoms with Crippen molar-refractivity contribution in [3.05, 3.63) is 87.4 Å². The van der Waals surface area contributed by atoms with Crippen molar-refractivity contribution in [1.82, 2.24) is 5.43 Å². The van der Waals surface area contributed by atoms with Crippen LogP contribution in [0.4, 0.5) is 5.69 Å². The van der Waals surface area contributed by atoms with Crippen molar-refractivity contribution in [3.8, 4) is 11.5 Å². The van der Waals surface area contributed by atoms with Crippen molar-refractivity contribution in [1.29, 1.82) is 0 Å². The molecule has 0 saturated carbocycles. The van der Waals surface area contributed by atoms with Crippen LogP contribution in [0.1, 0.15) is 15.9 Å². The lowest BCUT2D eigenvalue weighted by Crippen LogP contribution is -2.32. The summed E-state index contributed by atoms with van der Waals surface area (Å²) in [6, 6.07) is 17.8. The van der Waals surface area contributed by atoms with Crippen LogP contribution in [-0.2, 0) is 9.59 Å². The average Bonchev–Trinajstić information content (AvgIpc) is 2.82. The quantitative estimate of drug-likeness (QED) is 0.161. The maximum Gasteiger partial charge on any atom is 0.343 e. The number of esters is 1. The Bertz CT molecular complexity index is 1210. The van der Waals surface area contributed by atoms with E-state index in [-0.39, 0.29) is 5.75 Å². The highest BCUT2D eigenvalue weighted by Crippen LogP contribution is 2.23. The lowest BCUT2D eigenvalue weighted by molar-refractivity contribution is -0.136. The zero-order valence-electron chi connectivity index (χ0n) is 17.2. The van der Waals surface area contributed by atoms with Crippen molar-refractivity contribution >= 4 is 57.2 Å². The highest BCUT2D eigenvalue weighted by atomic mass is 79.9. The second kappa shape index (κ2) is 11.3. The molecular weight excluding hydrogens is 514 g/mol. The minimum Gasteiger partial charge on any atom is -0.497 e. The van der Waals surface area contributed by atoms with Gasteiger partial charge in [-0.2, -0.15) is 5.10 Å². The van der Waals surface area contributed by atoms with E-state index in [2.05, 4.69) is 31.8 Å². The number of rotatable bonds is 6. The number of nitrogens with zero attached hydrogens (tertiary/aromatic N) is 1. The standard InChI is InChI=1S/C23H17BrClN3O5/c1-32-17-9-6-14(7-10-17)23(31)33-20-11-8-16(24)12-15(20)13-26-28-22(30)21(29)27-19-5-3-2-4-18(19)25/h2-13H,1H3,(H,27,29)(H,28,30)/b26-13+. The Morgan fingerprint density at radius 3 is 2.42 bits per heavy atom. The molecule has 0 unspecified atom stereocenters. The Kier molecular flexibility index (Phi) is 8.17. The predicted octanol–water partition coefficient (Wildman–Crippen LogP) is 4.42. The van der Waals surface area contributed by atoms with Gasteiger partial charge >= 0.3 is 17.8 Å². The van der Waals surface area contributed by atoms with Crippen molar-refractivity contribution in [2.75, 3.05) is 12.4 Å². The number of para-hydroxylation sites is 1. The normalized spacial score (nSPS) is 10.5. The fraction of sp³-hybridized carbons (Fsp3) is 0.0435. The Hall–Kier alpha value is -3.69. The summed E-state index contributed by atoms with van der Waals surface area (Å²) >= 11 is 9.29. The molecule has 0 aliphatic rings. The van der Waals surface area contributed by atoms with E-state index < -0.39 is 17.8 Å². The fourth-order valence-corrected chi connectivity index (χ4v) is 3.11. The first-order chi connectivity index (χ1) is 15.9. The molecule has 2 amide bonds. The van der Waals surface area contributed by atoms with E-state index in [1.807, 2.05) is 0 Å². The minimum absolute atomic E-state index is 0.206. The van der Waals surface area contributed by atoms with Gasteiger partial charge in [0.15, 0.2) is 0 Å². The molecule has 0 saturated heterocycles. The molecule has 0 heterocycles. The predicted molar refractivity (Wildman–Crippen MR) is 128 cm³/mol. The number of anilines is 1. The molecule has 0 radical (unpaired) electrons. The van der Waals surface area contributed by atoms with Gasteiger partial charge in [-0.1, -0.05) is 39.7 Å². The Labute approximate surface area is 202 Å². The van der Waals surface area contributed by atoms with E-state index in [9.17, 15) is 14.4 Å². The maximum atomic E-state index is 12.5. The average molecular weight is 531 g/mol. The molecule has 0 bridgehead atoms. The van der Waals surface area contributed by atoms with Crippen LogP contribution in [0.3, 0.4) is 0 Å². The molecule has 0 aromatic heterocycles. The molecule has 3 rings (SSSR count). The number of ether oxygens (including phenoxy) is 2. The van der Waals surface area contributed by atoms with Crippen LogP contribution >= 0.6 is 27.5 Å². The van der Waals surface area contributed by atoms with Crippen LogP contribution in [0.5, 0.6) is 11.5 Å². The number of methoxy groups -OCH3 is 1. The van der Waals surface area contributed by atoms with Gasteiger partial charge in [0.2, 0.25) is 0 Å². The molecule has 33 heavy (non-hydrogen) atoms. The molecule has 3 aromatic rings. The lowest BCUT2D eigenvalue weighted by Gasteiger charge is -2.09. The minimum atomic E-state index is -1.00. The number of halogens is 2. The first kappa shape index (κ1) is 24.0. The van der Waals surface area contributed by atoms with E-state index in [1.165, 1.54) is 13.3 Å². The molecule has 168 valence electrons. The van der Waals surface area contributed by atoms with E-state index in [0.29, 0.717) is 32.1 Å². The van der Waals surface area contributed by atoms with Gasteiger partial charge in [-0.05, 0) is 54.6 Å². The van der Waals surface area contributed by atoms with E-state index in [0.717, 1.165) is 0 Å². The van der Waals surface area contributed by atoms with Crippen LogP contribution in [0.2, 0.25) is 5.02 Å². The summed E-state index contributed by atoms with van der Waals surface area (Å²) in [6.45, 7) is 0. The molecule has 8 nitrogen and oxygen atoms in total. The third-order valence-corrected chi connectivity index (χ3v) is 5.02. The summed E-state index contributed by atoms with van der Waals surface area (Å²) in [5.74, 6) is -1.72. The molecule has 3 aromatic carbocycles. The van der Waals surface area contributed by atoms with Crippen LogP contribution in [0.25, 0.3) is 0 Å². The summed E-state index contributed by atoms with van der Waals surface area (Å²) in [5.41, 5.74) is 3.13. The van der Waals surface area contributed by atoms with Gasteiger partial charge in [0.1, 0.15) is 11.5 Å². The molecule has 0 atom stereocenters. The fourth-order valence-electron chi connectivity index (χ4n) is 2.55. The van der Waals surface area contributed by atoms with Crippen molar-refractivity contribution in [2.45, 2.75) is 0 Å². The van der Waals surface area contributed by atoms with Crippen molar-refractivity contribution < 1.29 is 23.9 Å². The first-order valence-electron chi connectivity index (χ1n) is 9.42. The summed E-state index contributed by atoms with van der Waals surface area (Å²) in [4.78, 5) is 36.5. The van der Waals surface area contributed by atoms with Gasteiger partial charge in [-0.25, -0.2) is 10.2 Å². The number of carbonyl (C=O) groups is 3. The monoisotopic (exact) mass is 529 g/mol. The molecule has 0 aliphatic heterocycles.